The molecule has 2 atom stereocenters. The lowest BCUT2D eigenvalue weighted by Gasteiger charge is -2.40. The van der Waals surface area contributed by atoms with E-state index in [1.54, 1.807) is 18.2 Å². The second-order valence-electron chi connectivity index (χ2n) is 9.62. The highest BCUT2D eigenvalue weighted by molar-refractivity contribution is 7.95. The van der Waals surface area contributed by atoms with Gasteiger partial charge >= 0.3 is 0 Å². The molecule has 1 aliphatic heterocycles. The summed E-state index contributed by atoms with van der Waals surface area (Å²) in [6.07, 6.45) is 5.04. The molecule has 0 amide bonds. The number of hydrogen-bond donors (Lipinski definition) is 0. The number of sulfone groups is 1. The fourth-order valence-electron chi connectivity index (χ4n) is 2.93. The maximum Gasteiger partial charge on any atom is 0.205 e. The van der Waals surface area contributed by atoms with Crippen LogP contribution in [0.3, 0.4) is 0 Å². The molecule has 1 aliphatic rings. The van der Waals surface area contributed by atoms with Gasteiger partial charge in [0.1, 0.15) is 6.10 Å². The molecule has 1 saturated heterocycles. The molecular formula is C23H38O4SSi. The van der Waals surface area contributed by atoms with Crippen molar-refractivity contribution in [3.8, 4) is 0 Å². The normalized spacial score (nSPS) is 19.3. The third kappa shape index (κ3) is 6.51. The van der Waals surface area contributed by atoms with Crippen molar-refractivity contribution in [2.24, 2.45) is 0 Å². The maximum absolute atomic E-state index is 13.6. The summed E-state index contributed by atoms with van der Waals surface area (Å²) in [7, 11) is -5.81. The summed E-state index contributed by atoms with van der Waals surface area (Å²) in [6, 6.07) is 7.08. The quantitative estimate of drug-likeness (QED) is 0.254. The van der Waals surface area contributed by atoms with Crippen LogP contribution in [0.25, 0.3) is 0 Å². The highest BCUT2D eigenvalue weighted by Gasteiger charge is 2.42. The van der Waals surface area contributed by atoms with Gasteiger partial charge in [-0.25, -0.2) is 8.42 Å². The van der Waals surface area contributed by atoms with Crippen LogP contribution in [-0.4, -0.2) is 35.6 Å². The summed E-state index contributed by atoms with van der Waals surface area (Å²) < 4.78 is 39.3. The number of hydrogen-bond acceptors (Lipinski definition) is 4. The first-order valence-electron chi connectivity index (χ1n) is 10.7. The van der Waals surface area contributed by atoms with Crippen LogP contribution < -0.4 is 0 Å². The molecule has 1 aromatic rings. The van der Waals surface area contributed by atoms with Gasteiger partial charge in [0.25, 0.3) is 0 Å². The molecule has 2 rings (SSSR count). The van der Waals surface area contributed by atoms with Crippen molar-refractivity contribution in [2.75, 3.05) is 6.61 Å². The summed E-state index contributed by atoms with van der Waals surface area (Å²) in [6.45, 7) is 15.6. The number of epoxide rings is 1. The highest BCUT2D eigenvalue weighted by Crippen LogP contribution is 2.40. The molecule has 0 unspecified atom stereocenters. The van der Waals surface area contributed by atoms with Gasteiger partial charge in [-0.1, -0.05) is 64.7 Å². The third-order valence-corrected chi connectivity index (χ3v) is 12.4. The Balaban J connectivity index is 2.46. The molecule has 6 heteroatoms. The van der Waals surface area contributed by atoms with Gasteiger partial charge < -0.3 is 9.16 Å². The molecule has 0 N–H and O–H groups in total. The van der Waals surface area contributed by atoms with Crippen LogP contribution in [0.2, 0.25) is 18.1 Å². The Morgan fingerprint density at radius 1 is 1.24 bits per heavy atom. The predicted octanol–water partition coefficient (Wildman–Crippen LogP) is 6.02. The fourth-order valence-corrected chi connectivity index (χ4v) is 5.93. The maximum atomic E-state index is 13.6. The lowest BCUT2D eigenvalue weighted by Crippen LogP contribution is -2.45. The molecule has 0 saturated carbocycles. The van der Waals surface area contributed by atoms with Crippen LogP contribution in [-0.2, 0) is 19.0 Å². The van der Waals surface area contributed by atoms with E-state index < -0.39 is 24.3 Å². The lowest BCUT2D eigenvalue weighted by molar-refractivity contribution is 0.205. The smallest absolute Gasteiger partial charge is 0.205 e. The van der Waals surface area contributed by atoms with Gasteiger partial charge in [0.2, 0.25) is 9.84 Å². The zero-order valence-corrected chi connectivity index (χ0v) is 20.9. The highest BCUT2D eigenvalue weighted by atomic mass is 32.2. The van der Waals surface area contributed by atoms with Gasteiger partial charge in [0, 0.05) is 0 Å². The zero-order chi connectivity index (χ0) is 21.9. The van der Waals surface area contributed by atoms with Crippen LogP contribution >= 0.6 is 0 Å². The van der Waals surface area contributed by atoms with Gasteiger partial charge in [-0.2, -0.15) is 0 Å². The van der Waals surface area contributed by atoms with E-state index in [1.165, 1.54) is 0 Å². The van der Waals surface area contributed by atoms with E-state index in [0.717, 1.165) is 24.8 Å². The number of unbranched alkanes of at least 4 members (excludes halogenated alkanes) is 2. The van der Waals surface area contributed by atoms with E-state index >= 15 is 0 Å². The van der Waals surface area contributed by atoms with E-state index in [-0.39, 0.29) is 11.1 Å². The number of ether oxygens (including phenoxy) is 1. The van der Waals surface area contributed by atoms with Crippen LogP contribution in [0.1, 0.15) is 58.9 Å². The first kappa shape index (κ1) is 24.3. The largest absolute Gasteiger partial charge is 0.409 e. The second-order valence-corrected chi connectivity index (χ2v) is 16.3. The minimum Gasteiger partial charge on any atom is -0.409 e. The van der Waals surface area contributed by atoms with Crippen molar-refractivity contribution in [1.82, 2.24) is 0 Å². The van der Waals surface area contributed by atoms with Gasteiger partial charge in [-0.3, -0.25) is 0 Å². The van der Waals surface area contributed by atoms with Crippen molar-refractivity contribution < 1.29 is 17.6 Å². The lowest BCUT2D eigenvalue weighted by atomic mass is 10.1. The van der Waals surface area contributed by atoms with Gasteiger partial charge in [-0.05, 0) is 49.7 Å². The molecule has 0 radical (unpaired) electrons. The Morgan fingerprint density at radius 2 is 1.83 bits per heavy atom. The molecule has 0 spiro atoms. The monoisotopic (exact) mass is 438 g/mol. The second kappa shape index (κ2) is 9.46. The SMILES string of the molecule is CCCCC[C@H](O[Si](C)(C)C(C)(C)C)/C(=C\[C@H]1CO1)S(=O)(=O)c1ccc(C)cc1. The van der Waals surface area contributed by atoms with Crippen LogP contribution in [0, 0.1) is 6.92 Å². The number of rotatable bonds is 10. The van der Waals surface area contributed by atoms with Crippen molar-refractivity contribution in [2.45, 2.75) is 95.5 Å². The molecule has 0 bridgehead atoms. The zero-order valence-electron chi connectivity index (χ0n) is 19.1. The predicted molar refractivity (Wildman–Crippen MR) is 122 cm³/mol. The van der Waals surface area contributed by atoms with Crippen molar-refractivity contribution in [1.29, 1.82) is 0 Å². The van der Waals surface area contributed by atoms with E-state index in [1.807, 2.05) is 19.1 Å². The first-order valence-corrected chi connectivity index (χ1v) is 15.1. The minimum absolute atomic E-state index is 0.00478. The Bertz CT molecular complexity index is 800. The van der Waals surface area contributed by atoms with E-state index in [9.17, 15) is 8.42 Å². The van der Waals surface area contributed by atoms with Crippen LogP contribution in [0.15, 0.2) is 40.1 Å². The Labute approximate surface area is 178 Å². The van der Waals surface area contributed by atoms with Crippen molar-refractivity contribution >= 4 is 18.2 Å². The average Bonchev–Trinajstić information content (AvgIpc) is 3.42. The van der Waals surface area contributed by atoms with Crippen LogP contribution in [0.4, 0.5) is 0 Å². The van der Waals surface area contributed by atoms with E-state index in [2.05, 4.69) is 40.8 Å². The molecule has 1 heterocycles. The molecule has 1 aromatic carbocycles. The topological polar surface area (TPSA) is 55.9 Å². The average molecular weight is 439 g/mol. The standard InChI is InChI=1S/C23H38O4SSi/c1-8-9-10-11-21(27-29(6,7)23(3,4)5)22(16-19-17-26-19)28(24,25)20-14-12-18(2)13-15-20/h12-16,19,21H,8-11,17H2,1-7H3/b22-16+/t19-,21-/m0/s1. The number of benzene rings is 1. The molecule has 0 aromatic heterocycles. The molecule has 0 aliphatic carbocycles. The van der Waals surface area contributed by atoms with Crippen LogP contribution in [0.5, 0.6) is 0 Å². The Morgan fingerprint density at radius 3 is 2.31 bits per heavy atom. The summed E-state index contributed by atoms with van der Waals surface area (Å²) in [5.41, 5.74) is 1.04. The number of aryl methyl sites for hydroxylation is 1. The van der Waals surface area contributed by atoms with Crippen molar-refractivity contribution in [3.63, 3.8) is 0 Å². The summed E-state index contributed by atoms with van der Waals surface area (Å²) >= 11 is 0. The Hall–Kier alpha value is -0.953. The summed E-state index contributed by atoms with van der Waals surface area (Å²) in [5.74, 6) is 0. The minimum atomic E-state index is -3.65. The third-order valence-electron chi connectivity index (χ3n) is 5.98. The summed E-state index contributed by atoms with van der Waals surface area (Å²) in [4.78, 5) is 0.708. The first-order chi connectivity index (χ1) is 13.4. The van der Waals surface area contributed by atoms with Crippen molar-refractivity contribution in [3.05, 3.63) is 40.8 Å². The molecule has 164 valence electrons. The molecule has 1 fully saturated rings. The van der Waals surface area contributed by atoms with Gasteiger partial charge in [0.05, 0.1) is 22.5 Å². The van der Waals surface area contributed by atoms with E-state index in [0.29, 0.717) is 22.8 Å². The van der Waals surface area contributed by atoms with E-state index in [4.69, 9.17) is 9.16 Å². The fraction of sp³-hybridized carbons (Fsp3) is 0.652. The summed E-state index contributed by atoms with van der Waals surface area (Å²) in [5, 5.41) is 0.00478. The Kier molecular flexibility index (Phi) is 7.93. The van der Waals surface area contributed by atoms with Gasteiger partial charge in [-0.15, -0.1) is 0 Å². The molecular weight excluding hydrogens is 400 g/mol. The molecule has 29 heavy (non-hydrogen) atoms. The molecule has 4 nitrogen and oxygen atoms in total. The van der Waals surface area contributed by atoms with Gasteiger partial charge in [0.15, 0.2) is 8.32 Å².